The van der Waals surface area contributed by atoms with Crippen LogP contribution in [-0.4, -0.2) is 46.3 Å². The molecule has 8 nitrogen and oxygen atoms in total. The van der Waals surface area contributed by atoms with Gasteiger partial charge >= 0.3 is 0 Å². The highest BCUT2D eigenvalue weighted by molar-refractivity contribution is 6.05. The molecule has 0 radical (unpaired) electrons. The first-order chi connectivity index (χ1) is 16.6. The van der Waals surface area contributed by atoms with Crippen molar-refractivity contribution in [3.63, 3.8) is 0 Å². The van der Waals surface area contributed by atoms with Crippen molar-refractivity contribution in [3.05, 3.63) is 60.0 Å². The molecule has 1 saturated heterocycles. The van der Waals surface area contributed by atoms with E-state index in [1.54, 1.807) is 12.3 Å². The van der Waals surface area contributed by atoms with Crippen molar-refractivity contribution in [2.24, 2.45) is 0 Å². The lowest BCUT2D eigenvalue weighted by atomic mass is 9.93. The first kappa shape index (κ1) is 20.2. The van der Waals surface area contributed by atoms with Crippen molar-refractivity contribution >= 4 is 33.4 Å². The Morgan fingerprint density at radius 1 is 1.09 bits per heavy atom. The number of nitrogens with two attached hydrogens (primary N) is 1. The third-order valence-electron chi connectivity index (χ3n) is 6.38. The molecular weight excluding hydrogens is 431 g/mol. The Kier molecular flexibility index (Phi) is 4.67. The maximum absolute atomic E-state index is 15.2. The van der Waals surface area contributed by atoms with E-state index in [0.717, 1.165) is 42.8 Å². The third kappa shape index (κ3) is 3.16. The second-order valence-electron chi connectivity index (χ2n) is 8.34. The highest BCUT2D eigenvalue weighted by atomic mass is 19.1. The average molecular weight is 452 g/mol. The van der Waals surface area contributed by atoms with Gasteiger partial charge < -0.3 is 20.9 Å². The quantitative estimate of drug-likeness (QED) is 0.330. The van der Waals surface area contributed by atoms with Gasteiger partial charge in [0.2, 0.25) is 0 Å². The van der Waals surface area contributed by atoms with E-state index < -0.39 is 5.82 Å². The zero-order valence-corrected chi connectivity index (χ0v) is 18.2. The van der Waals surface area contributed by atoms with Crippen LogP contribution in [0.5, 0.6) is 0 Å². The molecule has 9 heteroatoms. The van der Waals surface area contributed by atoms with Crippen molar-refractivity contribution in [2.45, 2.75) is 0 Å². The fourth-order valence-corrected chi connectivity index (χ4v) is 4.69. The summed E-state index contributed by atoms with van der Waals surface area (Å²) in [6, 6.07) is 15.2. The minimum absolute atomic E-state index is 0.239. The second-order valence-corrected chi connectivity index (χ2v) is 8.34. The van der Waals surface area contributed by atoms with E-state index in [-0.39, 0.29) is 16.8 Å². The Balaban J connectivity index is 1.57. The van der Waals surface area contributed by atoms with E-state index in [1.807, 2.05) is 30.3 Å². The molecule has 34 heavy (non-hydrogen) atoms. The lowest BCUT2D eigenvalue weighted by Gasteiger charge is -2.29. The van der Waals surface area contributed by atoms with Crippen LogP contribution in [0.2, 0.25) is 0 Å². The van der Waals surface area contributed by atoms with Crippen LogP contribution in [0.25, 0.3) is 44.3 Å². The highest BCUT2D eigenvalue weighted by Gasteiger charge is 2.24. The zero-order valence-electron chi connectivity index (χ0n) is 18.2. The lowest BCUT2D eigenvalue weighted by molar-refractivity contribution is 0.589. The molecule has 1 aliphatic heterocycles. The average Bonchev–Trinajstić information content (AvgIpc) is 3.48. The number of rotatable bonds is 3. The number of aromatic amines is 2. The molecular formula is C25H21FN8. The summed E-state index contributed by atoms with van der Waals surface area (Å²) in [7, 11) is 0. The van der Waals surface area contributed by atoms with Gasteiger partial charge in [0.15, 0.2) is 5.65 Å². The van der Waals surface area contributed by atoms with E-state index in [4.69, 9.17) is 5.73 Å². The number of nitrogens with one attached hydrogen (secondary N) is 3. The lowest BCUT2D eigenvalue weighted by Crippen LogP contribution is -2.43. The molecule has 1 fully saturated rings. The first-order valence-electron chi connectivity index (χ1n) is 11.0. The van der Waals surface area contributed by atoms with Gasteiger partial charge in [-0.05, 0) is 35.9 Å². The minimum Gasteiger partial charge on any atom is -0.383 e. The number of H-pyrrole nitrogens is 2. The second kappa shape index (κ2) is 7.86. The molecule has 0 saturated carbocycles. The van der Waals surface area contributed by atoms with Gasteiger partial charge in [-0.2, -0.15) is 10.4 Å². The number of nitrogen functional groups attached to an aromatic ring is 1. The number of piperazine rings is 1. The van der Waals surface area contributed by atoms with Crippen LogP contribution in [0.1, 0.15) is 5.56 Å². The van der Waals surface area contributed by atoms with E-state index >= 15 is 4.39 Å². The number of nitrogens with zero attached hydrogens (tertiary/aromatic N) is 4. The number of hydrogen-bond donors (Lipinski definition) is 4. The third-order valence-corrected chi connectivity index (χ3v) is 6.38. The molecule has 168 valence electrons. The molecule has 0 atom stereocenters. The van der Waals surface area contributed by atoms with Gasteiger partial charge in [0.1, 0.15) is 17.7 Å². The van der Waals surface area contributed by atoms with Gasteiger partial charge in [0, 0.05) is 60.1 Å². The van der Waals surface area contributed by atoms with Crippen LogP contribution < -0.4 is 16.0 Å². The Morgan fingerprint density at radius 3 is 2.65 bits per heavy atom. The summed E-state index contributed by atoms with van der Waals surface area (Å²) in [5, 5.41) is 21.9. The number of aromatic nitrogens is 4. The van der Waals surface area contributed by atoms with Gasteiger partial charge in [-0.1, -0.05) is 12.1 Å². The van der Waals surface area contributed by atoms with Crippen molar-refractivity contribution in [2.75, 3.05) is 36.8 Å². The Labute approximate surface area is 194 Å². The summed E-state index contributed by atoms with van der Waals surface area (Å²) in [5.41, 5.74) is 10.4. The topological polar surface area (TPSA) is 122 Å². The van der Waals surface area contributed by atoms with Crippen molar-refractivity contribution in [3.8, 4) is 28.5 Å². The number of halogens is 1. The molecule has 2 aromatic carbocycles. The molecule has 4 heterocycles. The van der Waals surface area contributed by atoms with Crippen molar-refractivity contribution < 1.29 is 4.39 Å². The summed E-state index contributed by atoms with van der Waals surface area (Å²) in [6.07, 6.45) is 1.75. The maximum atomic E-state index is 15.2. The Hall–Kier alpha value is -4.42. The molecule has 6 rings (SSSR count). The predicted octanol–water partition coefficient (Wildman–Crippen LogP) is 3.78. The van der Waals surface area contributed by atoms with Gasteiger partial charge in [-0.15, -0.1) is 0 Å². The fraction of sp³-hybridized carbons (Fsp3) is 0.160. The first-order valence-corrected chi connectivity index (χ1v) is 11.0. The van der Waals surface area contributed by atoms with Gasteiger partial charge in [-0.3, -0.25) is 5.10 Å². The normalized spacial score (nSPS) is 14.1. The maximum Gasteiger partial charge on any atom is 0.184 e. The summed E-state index contributed by atoms with van der Waals surface area (Å²) in [6.45, 7) is 3.75. The largest absolute Gasteiger partial charge is 0.383 e. The number of benzene rings is 2. The zero-order chi connectivity index (χ0) is 23.2. The van der Waals surface area contributed by atoms with Crippen molar-refractivity contribution in [1.82, 2.24) is 25.5 Å². The number of anilines is 2. The van der Waals surface area contributed by atoms with E-state index in [1.165, 1.54) is 6.07 Å². The highest BCUT2D eigenvalue weighted by Crippen LogP contribution is 2.40. The standard InChI is InChI=1S/C25H21FN8/c26-19-12-20-15(5-6-30-20)11-17(19)23-18(13-27)21(22-24(28)32-33-25(22)31-23)14-1-3-16(4-2-14)34-9-7-29-8-10-34/h1-6,11-12,29-30H,7-10H2,(H3,28,31,32,33). The Morgan fingerprint density at radius 2 is 1.88 bits per heavy atom. The van der Waals surface area contributed by atoms with E-state index in [0.29, 0.717) is 27.9 Å². The molecule has 0 unspecified atom stereocenters. The van der Waals surface area contributed by atoms with Crippen molar-refractivity contribution in [1.29, 1.82) is 5.26 Å². The predicted molar refractivity (Wildman–Crippen MR) is 131 cm³/mol. The number of pyridine rings is 1. The van der Waals surface area contributed by atoms with Crippen LogP contribution in [0.4, 0.5) is 15.9 Å². The van der Waals surface area contributed by atoms with Crippen LogP contribution in [0.15, 0.2) is 48.7 Å². The molecule has 1 aliphatic rings. The van der Waals surface area contributed by atoms with Crippen LogP contribution in [0, 0.1) is 17.1 Å². The summed E-state index contributed by atoms with van der Waals surface area (Å²) < 4.78 is 15.2. The van der Waals surface area contributed by atoms with E-state index in [9.17, 15) is 5.26 Å². The molecule has 5 aromatic rings. The summed E-state index contributed by atoms with van der Waals surface area (Å²) >= 11 is 0. The van der Waals surface area contributed by atoms with E-state index in [2.05, 4.69) is 36.5 Å². The fourth-order valence-electron chi connectivity index (χ4n) is 4.69. The summed E-state index contributed by atoms with van der Waals surface area (Å²) in [5.74, 6) is -0.157. The minimum atomic E-state index is -0.471. The smallest absolute Gasteiger partial charge is 0.184 e. The molecule has 0 spiro atoms. The van der Waals surface area contributed by atoms with Crippen LogP contribution in [0.3, 0.4) is 0 Å². The monoisotopic (exact) mass is 452 g/mol. The molecule has 3 aromatic heterocycles. The molecule has 0 aliphatic carbocycles. The number of nitriles is 1. The molecule has 0 amide bonds. The van der Waals surface area contributed by atoms with Crippen LogP contribution >= 0.6 is 0 Å². The van der Waals surface area contributed by atoms with Gasteiger partial charge in [0.25, 0.3) is 0 Å². The Bertz CT molecular complexity index is 1570. The van der Waals surface area contributed by atoms with Gasteiger partial charge in [0.05, 0.1) is 16.6 Å². The van der Waals surface area contributed by atoms with Crippen LogP contribution in [-0.2, 0) is 0 Å². The molecule has 0 bridgehead atoms. The SMILES string of the molecule is N#Cc1c(-c2cc3cc[nH]c3cc2F)nc2n[nH]c(N)c2c1-c1ccc(N2CCNCC2)cc1. The number of hydrogen-bond acceptors (Lipinski definition) is 6. The van der Waals surface area contributed by atoms with Gasteiger partial charge in [-0.25, -0.2) is 9.37 Å². The number of fused-ring (bicyclic) bond motifs is 2. The summed E-state index contributed by atoms with van der Waals surface area (Å²) in [4.78, 5) is 9.87. The molecule has 5 N–H and O–H groups in total.